The molecule has 0 aliphatic heterocycles. The first-order chi connectivity index (χ1) is 12.5. The lowest BCUT2D eigenvalue weighted by Crippen LogP contribution is -2.22. The Morgan fingerprint density at radius 2 is 2.15 bits per heavy atom. The number of carbonyl (C=O) groups excluding carboxylic acids is 1. The molecule has 4 N–H and O–H groups in total. The predicted octanol–water partition coefficient (Wildman–Crippen LogP) is 1.60. The first-order valence-corrected chi connectivity index (χ1v) is 8.97. The van der Waals surface area contributed by atoms with E-state index in [0.717, 1.165) is 46.9 Å². The van der Waals surface area contributed by atoms with E-state index in [0.29, 0.717) is 25.0 Å². The van der Waals surface area contributed by atoms with Gasteiger partial charge in [-0.25, -0.2) is 0 Å². The highest BCUT2D eigenvalue weighted by molar-refractivity contribution is 6.04. The van der Waals surface area contributed by atoms with Crippen molar-refractivity contribution in [2.75, 3.05) is 13.1 Å². The number of rotatable bonds is 7. The second-order valence-corrected chi connectivity index (χ2v) is 6.61. The van der Waals surface area contributed by atoms with Gasteiger partial charge in [0.15, 0.2) is 0 Å². The second-order valence-electron chi connectivity index (χ2n) is 6.61. The number of aromatic amines is 1. The Morgan fingerprint density at radius 3 is 2.88 bits per heavy atom. The molecule has 7 nitrogen and oxygen atoms in total. The number of H-pyrrole nitrogens is 1. The maximum Gasteiger partial charge on any atom is 0.262 e. The van der Waals surface area contributed by atoms with Gasteiger partial charge in [-0.1, -0.05) is 6.07 Å². The molecule has 7 heteroatoms. The molecule has 0 spiro atoms. The zero-order valence-corrected chi connectivity index (χ0v) is 15.3. The Hall–Kier alpha value is -2.67. The summed E-state index contributed by atoms with van der Waals surface area (Å²) >= 11 is 0. The number of fused-ring (bicyclic) bond motifs is 3. The molecule has 0 atom stereocenters. The molecule has 26 heavy (non-hydrogen) atoms. The van der Waals surface area contributed by atoms with Gasteiger partial charge >= 0.3 is 0 Å². The van der Waals surface area contributed by atoms with Gasteiger partial charge in [0.1, 0.15) is 5.52 Å². The number of aryl methyl sites for hydroxylation is 3. The van der Waals surface area contributed by atoms with Gasteiger partial charge in [0, 0.05) is 31.1 Å². The minimum atomic E-state index is -0.0226. The fourth-order valence-corrected chi connectivity index (χ4v) is 3.32. The number of hydrogen-bond donors (Lipinski definition) is 3. The molecule has 3 rings (SSSR count). The topological polar surface area (TPSA) is 106 Å². The standard InChI is InChI=1S/C19H25N5O2/c1-12-17-18(23-22-12)15-11-14(5-3-9-21-13(2)25)6-7-16(15)24(19(17)26)10-4-8-20/h6-7,11H,3-5,8-10,20H2,1-2H3,(H,21,25)(H,22,23). The zero-order valence-electron chi connectivity index (χ0n) is 15.3. The number of carbonyl (C=O) groups is 1. The Morgan fingerprint density at radius 1 is 1.35 bits per heavy atom. The summed E-state index contributed by atoms with van der Waals surface area (Å²) in [5.74, 6) is -0.0128. The van der Waals surface area contributed by atoms with Crippen molar-refractivity contribution in [3.63, 3.8) is 0 Å². The highest BCUT2D eigenvalue weighted by Crippen LogP contribution is 2.24. The van der Waals surface area contributed by atoms with Crippen molar-refractivity contribution in [3.05, 3.63) is 39.8 Å². The Kier molecular flexibility index (Phi) is 5.37. The second kappa shape index (κ2) is 7.70. The molecule has 138 valence electrons. The van der Waals surface area contributed by atoms with Crippen LogP contribution in [0.4, 0.5) is 0 Å². The Labute approximate surface area is 151 Å². The average molecular weight is 355 g/mol. The normalized spacial score (nSPS) is 11.3. The number of benzene rings is 1. The minimum absolute atomic E-state index is 0.0128. The molecule has 0 bridgehead atoms. The van der Waals surface area contributed by atoms with Crippen LogP contribution in [0.25, 0.3) is 21.8 Å². The van der Waals surface area contributed by atoms with Crippen molar-refractivity contribution in [1.82, 2.24) is 20.1 Å². The fourth-order valence-electron chi connectivity index (χ4n) is 3.32. The minimum Gasteiger partial charge on any atom is -0.356 e. The summed E-state index contributed by atoms with van der Waals surface area (Å²) in [7, 11) is 0. The smallest absolute Gasteiger partial charge is 0.262 e. The summed E-state index contributed by atoms with van der Waals surface area (Å²) in [5.41, 5.74) is 9.16. The maximum absolute atomic E-state index is 12.9. The van der Waals surface area contributed by atoms with E-state index in [4.69, 9.17) is 5.73 Å². The molecule has 0 saturated heterocycles. The molecule has 0 aliphatic rings. The van der Waals surface area contributed by atoms with Gasteiger partial charge in [-0.05, 0) is 50.4 Å². The van der Waals surface area contributed by atoms with E-state index in [2.05, 4.69) is 21.6 Å². The van der Waals surface area contributed by atoms with Gasteiger partial charge in [0.25, 0.3) is 5.56 Å². The van der Waals surface area contributed by atoms with Crippen molar-refractivity contribution in [2.24, 2.45) is 5.73 Å². The lowest BCUT2D eigenvalue weighted by molar-refractivity contribution is -0.118. The van der Waals surface area contributed by atoms with Gasteiger partial charge < -0.3 is 15.6 Å². The molecule has 0 radical (unpaired) electrons. The predicted molar refractivity (Wildman–Crippen MR) is 103 cm³/mol. The van der Waals surface area contributed by atoms with Crippen LogP contribution >= 0.6 is 0 Å². The van der Waals surface area contributed by atoms with Crippen LogP contribution in [0, 0.1) is 6.92 Å². The molecule has 2 heterocycles. The van der Waals surface area contributed by atoms with E-state index in [9.17, 15) is 9.59 Å². The quantitative estimate of drug-likeness (QED) is 0.560. The zero-order chi connectivity index (χ0) is 18.7. The van der Waals surface area contributed by atoms with E-state index in [1.807, 2.05) is 19.1 Å². The largest absolute Gasteiger partial charge is 0.356 e. The van der Waals surface area contributed by atoms with Crippen LogP contribution in [0.5, 0.6) is 0 Å². The fraction of sp³-hybridized carbons (Fsp3) is 0.421. The molecule has 2 aromatic heterocycles. The lowest BCUT2D eigenvalue weighted by atomic mass is 10.0. The number of nitrogens with two attached hydrogens (primary N) is 1. The monoisotopic (exact) mass is 355 g/mol. The third-order valence-corrected chi connectivity index (χ3v) is 4.62. The first-order valence-electron chi connectivity index (χ1n) is 8.97. The lowest BCUT2D eigenvalue weighted by Gasteiger charge is -2.12. The molecule has 0 unspecified atom stereocenters. The van der Waals surface area contributed by atoms with E-state index in [1.165, 1.54) is 6.92 Å². The van der Waals surface area contributed by atoms with Crippen molar-refractivity contribution >= 4 is 27.7 Å². The number of nitrogens with zero attached hydrogens (tertiary/aromatic N) is 2. The van der Waals surface area contributed by atoms with E-state index in [1.54, 1.807) is 4.57 Å². The van der Waals surface area contributed by atoms with Crippen LogP contribution in [0.2, 0.25) is 0 Å². The van der Waals surface area contributed by atoms with Gasteiger partial charge in [-0.2, -0.15) is 5.10 Å². The summed E-state index contributed by atoms with van der Waals surface area (Å²) in [6.45, 7) is 5.17. The number of aromatic nitrogens is 3. The summed E-state index contributed by atoms with van der Waals surface area (Å²) in [4.78, 5) is 23.9. The van der Waals surface area contributed by atoms with Gasteiger partial charge in [-0.3, -0.25) is 14.7 Å². The molecule has 0 fully saturated rings. The van der Waals surface area contributed by atoms with Crippen molar-refractivity contribution in [3.8, 4) is 0 Å². The first kappa shape index (κ1) is 18.1. The molecular weight excluding hydrogens is 330 g/mol. The highest BCUT2D eigenvalue weighted by atomic mass is 16.1. The van der Waals surface area contributed by atoms with E-state index >= 15 is 0 Å². The average Bonchev–Trinajstić information content (AvgIpc) is 3.01. The summed E-state index contributed by atoms with van der Waals surface area (Å²) in [6, 6.07) is 6.13. The molecule has 1 amide bonds. The Balaban J connectivity index is 2.04. The molecule has 0 saturated carbocycles. The van der Waals surface area contributed by atoms with Crippen LogP contribution in [-0.2, 0) is 17.8 Å². The highest BCUT2D eigenvalue weighted by Gasteiger charge is 2.15. The maximum atomic E-state index is 12.9. The number of hydrogen-bond acceptors (Lipinski definition) is 4. The van der Waals surface area contributed by atoms with Gasteiger partial charge in [-0.15, -0.1) is 0 Å². The van der Waals surface area contributed by atoms with E-state index < -0.39 is 0 Å². The third-order valence-electron chi connectivity index (χ3n) is 4.62. The molecular formula is C19H25N5O2. The van der Waals surface area contributed by atoms with Gasteiger partial charge in [0.05, 0.1) is 10.9 Å². The number of amides is 1. The SMILES string of the molecule is CC(=O)NCCCc1ccc2c(c1)c1n[nH]c(C)c1c(=O)n2CCCN. The van der Waals surface area contributed by atoms with Crippen molar-refractivity contribution < 1.29 is 4.79 Å². The molecule has 0 aliphatic carbocycles. The number of pyridine rings is 1. The summed E-state index contributed by atoms with van der Waals surface area (Å²) < 4.78 is 1.80. The van der Waals surface area contributed by atoms with E-state index in [-0.39, 0.29) is 11.5 Å². The number of nitrogens with one attached hydrogen (secondary N) is 2. The molecule has 1 aromatic carbocycles. The Bertz CT molecular complexity index is 1000. The summed E-state index contributed by atoms with van der Waals surface area (Å²) in [6.07, 6.45) is 2.46. The summed E-state index contributed by atoms with van der Waals surface area (Å²) in [5, 5.41) is 11.7. The van der Waals surface area contributed by atoms with Crippen LogP contribution in [-0.4, -0.2) is 33.8 Å². The van der Waals surface area contributed by atoms with Crippen LogP contribution in [0.3, 0.4) is 0 Å². The van der Waals surface area contributed by atoms with Crippen LogP contribution in [0.15, 0.2) is 23.0 Å². The van der Waals surface area contributed by atoms with Crippen molar-refractivity contribution in [1.29, 1.82) is 0 Å². The van der Waals surface area contributed by atoms with Gasteiger partial charge in [0.2, 0.25) is 5.91 Å². The van der Waals surface area contributed by atoms with Crippen LogP contribution < -0.4 is 16.6 Å². The molecule has 3 aromatic rings. The van der Waals surface area contributed by atoms with Crippen LogP contribution in [0.1, 0.15) is 31.0 Å². The third kappa shape index (κ3) is 3.48. The van der Waals surface area contributed by atoms with Crippen molar-refractivity contribution in [2.45, 2.75) is 39.7 Å².